The molecule has 1 heterocycles. The molecule has 1 aliphatic heterocycles. The molecule has 94 valence electrons. The summed E-state index contributed by atoms with van der Waals surface area (Å²) in [7, 11) is 0. The van der Waals surface area contributed by atoms with Crippen molar-refractivity contribution in [3.63, 3.8) is 0 Å². The smallest absolute Gasteiger partial charge is 0.323 e. The second-order valence-electron chi connectivity index (χ2n) is 4.94. The van der Waals surface area contributed by atoms with Gasteiger partial charge in [-0.05, 0) is 43.9 Å². The summed E-state index contributed by atoms with van der Waals surface area (Å²) in [6.07, 6.45) is 2.44. The van der Waals surface area contributed by atoms with E-state index in [0.29, 0.717) is 10.7 Å². The molecule has 1 aromatic rings. The zero-order valence-electron chi connectivity index (χ0n) is 10.00. The average molecular weight is 265 g/mol. The maximum atomic E-state index is 12.3. The lowest BCUT2D eigenvalue weighted by atomic mass is 9.77. The number of imide groups is 1. The van der Waals surface area contributed by atoms with Crippen LogP contribution in [0.3, 0.4) is 0 Å². The molecule has 2 aliphatic rings. The molecular weight excluding hydrogens is 252 g/mol. The van der Waals surface area contributed by atoms with Crippen molar-refractivity contribution < 1.29 is 9.59 Å². The van der Waals surface area contributed by atoms with E-state index in [9.17, 15) is 9.59 Å². The number of aryl methyl sites for hydroxylation is 1. The van der Waals surface area contributed by atoms with E-state index in [2.05, 4.69) is 5.32 Å². The van der Waals surface area contributed by atoms with Gasteiger partial charge in [-0.2, -0.15) is 0 Å². The Morgan fingerprint density at radius 2 is 2.06 bits per heavy atom. The summed E-state index contributed by atoms with van der Waals surface area (Å²) < 4.78 is 0. The molecule has 1 spiro atoms. The predicted octanol–water partition coefficient (Wildman–Crippen LogP) is 2.63. The molecule has 0 unspecified atom stereocenters. The molecule has 18 heavy (non-hydrogen) atoms. The van der Waals surface area contributed by atoms with Crippen LogP contribution in [0.25, 0.3) is 0 Å². The van der Waals surface area contributed by atoms with Crippen LogP contribution in [0.15, 0.2) is 18.2 Å². The lowest BCUT2D eigenvalue weighted by molar-refractivity contribution is -0.124. The Bertz CT molecular complexity index is 552. The Hall–Kier alpha value is -1.55. The summed E-state index contributed by atoms with van der Waals surface area (Å²) >= 11 is 6.04. The molecule has 4 nitrogen and oxygen atoms in total. The molecule has 1 aliphatic carbocycles. The SMILES string of the molecule is Cc1ccc(N2C(=O)NC3(CCC3)C2=O)cc1Cl. The van der Waals surface area contributed by atoms with Gasteiger partial charge < -0.3 is 5.32 Å². The fraction of sp³-hybridized carbons (Fsp3) is 0.385. The third kappa shape index (κ3) is 1.45. The number of amides is 3. The fourth-order valence-corrected chi connectivity index (χ4v) is 2.62. The van der Waals surface area contributed by atoms with E-state index in [1.54, 1.807) is 12.1 Å². The molecule has 0 aromatic heterocycles. The molecule has 1 N–H and O–H groups in total. The van der Waals surface area contributed by atoms with Gasteiger partial charge in [0.2, 0.25) is 0 Å². The van der Waals surface area contributed by atoms with E-state index in [-0.39, 0.29) is 11.9 Å². The Balaban J connectivity index is 1.99. The lowest BCUT2D eigenvalue weighted by Gasteiger charge is -2.34. The molecule has 0 radical (unpaired) electrons. The van der Waals surface area contributed by atoms with Crippen molar-refractivity contribution in [2.45, 2.75) is 31.7 Å². The number of anilines is 1. The highest BCUT2D eigenvalue weighted by Crippen LogP contribution is 2.39. The zero-order chi connectivity index (χ0) is 12.9. The maximum Gasteiger partial charge on any atom is 0.329 e. The van der Waals surface area contributed by atoms with Crippen molar-refractivity contribution in [1.82, 2.24) is 5.32 Å². The first-order valence-corrected chi connectivity index (χ1v) is 6.34. The van der Waals surface area contributed by atoms with Gasteiger partial charge in [0.1, 0.15) is 5.54 Å². The molecule has 5 heteroatoms. The minimum absolute atomic E-state index is 0.154. The molecule has 1 saturated heterocycles. The highest BCUT2D eigenvalue weighted by atomic mass is 35.5. The summed E-state index contributed by atoms with van der Waals surface area (Å²) in [5.74, 6) is -0.154. The topological polar surface area (TPSA) is 49.4 Å². The van der Waals surface area contributed by atoms with E-state index in [0.717, 1.165) is 24.8 Å². The average Bonchev–Trinajstić information content (AvgIpc) is 2.55. The number of carbonyl (C=O) groups excluding carboxylic acids is 2. The molecule has 0 bridgehead atoms. The van der Waals surface area contributed by atoms with Crippen LogP contribution in [0.1, 0.15) is 24.8 Å². The van der Waals surface area contributed by atoms with Gasteiger partial charge in [-0.15, -0.1) is 0 Å². The molecular formula is C13H13ClN2O2. The minimum atomic E-state index is -0.644. The number of hydrogen-bond donors (Lipinski definition) is 1. The van der Waals surface area contributed by atoms with Crippen molar-refractivity contribution in [3.05, 3.63) is 28.8 Å². The number of hydrogen-bond acceptors (Lipinski definition) is 2. The van der Waals surface area contributed by atoms with Crippen molar-refractivity contribution in [2.75, 3.05) is 4.90 Å². The van der Waals surface area contributed by atoms with Gasteiger partial charge in [-0.1, -0.05) is 17.7 Å². The number of nitrogens with one attached hydrogen (secondary N) is 1. The molecule has 3 rings (SSSR count). The van der Waals surface area contributed by atoms with Crippen molar-refractivity contribution in [3.8, 4) is 0 Å². The summed E-state index contributed by atoms with van der Waals surface area (Å²) in [6.45, 7) is 1.88. The van der Waals surface area contributed by atoms with Gasteiger partial charge in [0, 0.05) is 5.02 Å². The quantitative estimate of drug-likeness (QED) is 0.793. The Labute approximate surface area is 110 Å². The number of nitrogens with zero attached hydrogens (tertiary/aromatic N) is 1. The number of urea groups is 1. The van der Waals surface area contributed by atoms with E-state index in [1.807, 2.05) is 13.0 Å². The molecule has 1 aromatic carbocycles. The van der Waals surface area contributed by atoms with Crippen LogP contribution in [-0.2, 0) is 4.79 Å². The Morgan fingerprint density at radius 3 is 2.56 bits per heavy atom. The number of rotatable bonds is 1. The summed E-state index contributed by atoms with van der Waals surface area (Å²) in [6, 6.07) is 4.87. The van der Waals surface area contributed by atoms with Crippen molar-refractivity contribution >= 4 is 29.2 Å². The largest absolute Gasteiger partial charge is 0.329 e. The van der Waals surface area contributed by atoms with Crippen LogP contribution in [0, 0.1) is 6.92 Å². The van der Waals surface area contributed by atoms with Crippen LogP contribution in [0.5, 0.6) is 0 Å². The number of benzene rings is 1. The highest BCUT2D eigenvalue weighted by Gasteiger charge is 2.55. The lowest BCUT2D eigenvalue weighted by Crippen LogP contribution is -2.52. The van der Waals surface area contributed by atoms with E-state index < -0.39 is 5.54 Å². The molecule has 2 fully saturated rings. The third-order valence-electron chi connectivity index (χ3n) is 3.78. The van der Waals surface area contributed by atoms with Gasteiger partial charge in [-0.25, -0.2) is 9.69 Å². The predicted molar refractivity (Wildman–Crippen MR) is 68.8 cm³/mol. The van der Waals surface area contributed by atoms with E-state index >= 15 is 0 Å². The standard InChI is InChI=1S/C13H13ClN2O2/c1-8-3-4-9(7-10(8)14)16-11(17)13(5-2-6-13)15-12(16)18/h3-4,7H,2,5-6H2,1H3,(H,15,18). The minimum Gasteiger partial charge on any atom is -0.323 e. The normalized spacial score (nSPS) is 21.1. The fourth-order valence-electron chi connectivity index (χ4n) is 2.44. The van der Waals surface area contributed by atoms with Crippen molar-refractivity contribution in [2.24, 2.45) is 0 Å². The van der Waals surface area contributed by atoms with Gasteiger partial charge in [0.05, 0.1) is 5.69 Å². The first kappa shape index (κ1) is 11.5. The van der Waals surface area contributed by atoms with Gasteiger partial charge in [0.15, 0.2) is 0 Å². The van der Waals surface area contributed by atoms with Crippen LogP contribution in [0.2, 0.25) is 5.02 Å². The zero-order valence-corrected chi connectivity index (χ0v) is 10.8. The summed E-state index contributed by atoms with van der Waals surface area (Å²) in [5, 5.41) is 3.35. The Kier molecular flexibility index (Phi) is 2.38. The number of halogens is 1. The van der Waals surface area contributed by atoms with Gasteiger partial charge in [0.25, 0.3) is 5.91 Å². The molecule has 3 amide bonds. The van der Waals surface area contributed by atoms with Crippen LogP contribution in [-0.4, -0.2) is 17.5 Å². The number of carbonyl (C=O) groups is 2. The van der Waals surface area contributed by atoms with Gasteiger partial charge in [-0.3, -0.25) is 4.79 Å². The summed E-state index contributed by atoms with van der Waals surface area (Å²) in [5.41, 5.74) is 0.816. The second kappa shape index (κ2) is 3.72. The van der Waals surface area contributed by atoms with Gasteiger partial charge >= 0.3 is 6.03 Å². The first-order chi connectivity index (χ1) is 8.53. The van der Waals surface area contributed by atoms with Crippen LogP contribution < -0.4 is 10.2 Å². The molecule has 0 atom stereocenters. The van der Waals surface area contributed by atoms with Crippen molar-refractivity contribution in [1.29, 1.82) is 0 Å². The monoisotopic (exact) mass is 264 g/mol. The molecule has 1 saturated carbocycles. The van der Waals surface area contributed by atoms with Crippen LogP contribution in [0.4, 0.5) is 10.5 Å². The van der Waals surface area contributed by atoms with Crippen LogP contribution >= 0.6 is 11.6 Å². The third-order valence-corrected chi connectivity index (χ3v) is 4.19. The highest BCUT2D eigenvalue weighted by molar-refractivity contribution is 6.32. The van der Waals surface area contributed by atoms with E-state index in [1.165, 1.54) is 4.90 Å². The second-order valence-corrected chi connectivity index (χ2v) is 5.35. The maximum absolute atomic E-state index is 12.3. The summed E-state index contributed by atoms with van der Waals surface area (Å²) in [4.78, 5) is 25.5. The first-order valence-electron chi connectivity index (χ1n) is 5.96. The van der Waals surface area contributed by atoms with E-state index in [4.69, 9.17) is 11.6 Å². The Morgan fingerprint density at radius 1 is 1.33 bits per heavy atom.